The third kappa shape index (κ3) is 3.22. The molecule has 0 bridgehead atoms. The summed E-state index contributed by atoms with van der Waals surface area (Å²) >= 11 is 3.56. The Morgan fingerprint density at radius 2 is 2.14 bits per heavy atom. The lowest BCUT2D eigenvalue weighted by Crippen LogP contribution is -2.22. The first-order valence-corrected chi connectivity index (χ1v) is 7.57. The molecule has 0 amide bonds. The fraction of sp³-hybridized carbons (Fsp3) is 0.400. The van der Waals surface area contributed by atoms with Crippen LogP contribution in [0.25, 0.3) is 0 Å². The van der Waals surface area contributed by atoms with Crippen molar-refractivity contribution in [2.24, 2.45) is 12.8 Å². The number of benzene rings is 1. The second-order valence-electron chi connectivity index (χ2n) is 5.05. The Balaban J connectivity index is 2.39. The highest BCUT2D eigenvalue weighted by molar-refractivity contribution is 9.10. The summed E-state index contributed by atoms with van der Waals surface area (Å²) < 4.78 is 8.21. The maximum Gasteiger partial charge on any atom is 0.216 e. The van der Waals surface area contributed by atoms with Crippen molar-refractivity contribution in [3.8, 4) is 5.88 Å². The van der Waals surface area contributed by atoms with Crippen molar-refractivity contribution in [2.45, 2.75) is 19.9 Å². The van der Waals surface area contributed by atoms with E-state index in [1.54, 1.807) is 11.8 Å². The van der Waals surface area contributed by atoms with Gasteiger partial charge in [-0.1, -0.05) is 6.07 Å². The number of nitrogens with zero attached hydrogens (tertiary/aromatic N) is 2. The zero-order valence-corrected chi connectivity index (χ0v) is 14.4. The van der Waals surface area contributed by atoms with Crippen LogP contribution in [0.3, 0.4) is 0 Å². The zero-order valence-electron chi connectivity index (χ0n) is 12.8. The van der Waals surface area contributed by atoms with Gasteiger partial charge in [0, 0.05) is 23.8 Å². The van der Waals surface area contributed by atoms with E-state index < -0.39 is 0 Å². The van der Waals surface area contributed by atoms with E-state index in [0.29, 0.717) is 6.54 Å². The summed E-state index contributed by atoms with van der Waals surface area (Å²) in [4.78, 5) is 0. The van der Waals surface area contributed by atoms with Crippen LogP contribution in [-0.2, 0) is 7.05 Å². The van der Waals surface area contributed by atoms with Crippen LogP contribution < -0.4 is 15.8 Å². The lowest BCUT2D eigenvalue weighted by atomic mass is 10.1. The van der Waals surface area contributed by atoms with Crippen molar-refractivity contribution in [2.75, 3.05) is 19.0 Å². The van der Waals surface area contributed by atoms with Gasteiger partial charge in [-0.25, -0.2) is 4.68 Å². The summed E-state index contributed by atoms with van der Waals surface area (Å²) in [5.41, 5.74) is 10.1. The van der Waals surface area contributed by atoms with E-state index in [9.17, 15) is 0 Å². The van der Waals surface area contributed by atoms with Gasteiger partial charge in [-0.2, -0.15) is 5.10 Å². The van der Waals surface area contributed by atoms with Crippen LogP contribution in [-0.4, -0.2) is 23.4 Å². The van der Waals surface area contributed by atoms with Crippen LogP contribution in [0.1, 0.15) is 22.9 Å². The van der Waals surface area contributed by atoms with Gasteiger partial charge in [-0.05, 0) is 47.5 Å². The van der Waals surface area contributed by atoms with Crippen molar-refractivity contribution in [1.82, 2.24) is 9.78 Å². The van der Waals surface area contributed by atoms with Crippen LogP contribution in [0.2, 0.25) is 0 Å². The number of halogens is 1. The van der Waals surface area contributed by atoms with E-state index in [1.807, 2.05) is 20.0 Å². The molecule has 0 fully saturated rings. The van der Waals surface area contributed by atoms with E-state index in [-0.39, 0.29) is 6.04 Å². The van der Waals surface area contributed by atoms with E-state index >= 15 is 0 Å². The standard InChI is InChI=1S/C15H21BrN4O/c1-9-5-6-11(16)12(7-9)18-13(8-17)14-10(2)19-20(3)15(14)21-4/h5-7,13,18H,8,17H2,1-4H3. The van der Waals surface area contributed by atoms with Crippen LogP contribution >= 0.6 is 15.9 Å². The van der Waals surface area contributed by atoms with Gasteiger partial charge in [-0.3, -0.25) is 0 Å². The SMILES string of the molecule is COc1c(C(CN)Nc2cc(C)ccc2Br)c(C)nn1C. The molecule has 1 aromatic heterocycles. The van der Waals surface area contributed by atoms with Gasteiger partial charge in [0.1, 0.15) is 0 Å². The molecule has 1 aromatic carbocycles. The van der Waals surface area contributed by atoms with E-state index in [4.69, 9.17) is 10.5 Å². The first-order valence-electron chi connectivity index (χ1n) is 6.78. The van der Waals surface area contributed by atoms with Crippen molar-refractivity contribution in [3.63, 3.8) is 0 Å². The average molecular weight is 353 g/mol. The maximum absolute atomic E-state index is 5.97. The molecule has 1 atom stereocenters. The van der Waals surface area contributed by atoms with Gasteiger partial charge in [0.2, 0.25) is 5.88 Å². The third-order valence-electron chi connectivity index (χ3n) is 3.44. The molecule has 21 heavy (non-hydrogen) atoms. The number of methoxy groups -OCH3 is 1. The van der Waals surface area contributed by atoms with Crippen LogP contribution in [0.5, 0.6) is 5.88 Å². The molecule has 0 saturated heterocycles. The molecule has 6 heteroatoms. The van der Waals surface area contributed by atoms with Gasteiger partial charge in [0.05, 0.1) is 24.4 Å². The molecule has 0 spiro atoms. The van der Waals surface area contributed by atoms with Gasteiger partial charge < -0.3 is 15.8 Å². The molecule has 3 N–H and O–H groups in total. The molecule has 0 saturated carbocycles. The number of rotatable bonds is 5. The largest absolute Gasteiger partial charge is 0.481 e. The lowest BCUT2D eigenvalue weighted by molar-refractivity contribution is 0.367. The Morgan fingerprint density at radius 1 is 1.43 bits per heavy atom. The number of aryl methyl sites for hydroxylation is 3. The molecule has 2 rings (SSSR count). The highest BCUT2D eigenvalue weighted by Crippen LogP contribution is 2.32. The van der Waals surface area contributed by atoms with Crippen LogP contribution in [0.4, 0.5) is 5.69 Å². The number of anilines is 1. The molecule has 0 aliphatic rings. The minimum atomic E-state index is -0.0632. The van der Waals surface area contributed by atoms with Gasteiger partial charge in [-0.15, -0.1) is 0 Å². The smallest absolute Gasteiger partial charge is 0.216 e. The molecule has 0 radical (unpaired) electrons. The summed E-state index contributed by atoms with van der Waals surface area (Å²) in [6.07, 6.45) is 0. The quantitative estimate of drug-likeness (QED) is 0.868. The van der Waals surface area contributed by atoms with Crippen LogP contribution in [0, 0.1) is 13.8 Å². The maximum atomic E-state index is 5.97. The highest BCUT2D eigenvalue weighted by Gasteiger charge is 2.22. The topological polar surface area (TPSA) is 65.1 Å². The van der Waals surface area contributed by atoms with Crippen molar-refractivity contribution in [3.05, 3.63) is 39.5 Å². The molecule has 0 aliphatic carbocycles. The van der Waals surface area contributed by atoms with Gasteiger partial charge in [0.25, 0.3) is 0 Å². The predicted molar refractivity (Wildman–Crippen MR) is 88.8 cm³/mol. The normalized spacial score (nSPS) is 12.3. The van der Waals surface area contributed by atoms with Crippen molar-refractivity contribution >= 4 is 21.6 Å². The molecule has 1 heterocycles. The molecular weight excluding hydrogens is 332 g/mol. The Hall–Kier alpha value is -1.53. The fourth-order valence-electron chi connectivity index (χ4n) is 2.48. The molecule has 5 nitrogen and oxygen atoms in total. The van der Waals surface area contributed by atoms with Crippen LogP contribution in [0.15, 0.2) is 22.7 Å². The predicted octanol–water partition coefficient (Wildman–Crippen LogP) is 2.92. The zero-order chi connectivity index (χ0) is 15.6. The van der Waals surface area contributed by atoms with E-state index in [0.717, 1.165) is 27.3 Å². The molecule has 2 aromatic rings. The number of ether oxygens (including phenoxy) is 1. The summed E-state index contributed by atoms with van der Waals surface area (Å²) in [7, 11) is 3.52. The van der Waals surface area contributed by atoms with Crippen molar-refractivity contribution in [1.29, 1.82) is 0 Å². The Morgan fingerprint density at radius 3 is 2.76 bits per heavy atom. The fourth-order valence-corrected chi connectivity index (χ4v) is 2.84. The number of hydrogen-bond donors (Lipinski definition) is 2. The second-order valence-corrected chi connectivity index (χ2v) is 5.90. The Kier molecular flexibility index (Phi) is 4.90. The third-order valence-corrected chi connectivity index (χ3v) is 4.13. The van der Waals surface area contributed by atoms with Gasteiger partial charge in [0.15, 0.2) is 0 Å². The Labute approximate surface area is 133 Å². The average Bonchev–Trinajstić information content (AvgIpc) is 2.73. The van der Waals surface area contributed by atoms with Crippen molar-refractivity contribution < 1.29 is 4.74 Å². The Bertz CT molecular complexity index is 639. The minimum absolute atomic E-state index is 0.0632. The first kappa shape index (κ1) is 15.9. The highest BCUT2D eigenvalue weighted by atomic mass is 79.9. The first-order chi connectivity index (χ1) is 9.97. The number of nitrogens with two attached hydrogens (primary N) is 1. The molecule has 1 unspecified atom stereocenters. The van der Waals surface area contributed by atoms with E-state index in [1.165, 1.54) is 5.56 Å². The second kappa shape index (κ2) is 6.49. The number of nitrogens with one attached hydrogen (secondary N) is 1. The summed E-state index contributed by atoms with van der Waals surface area (Å²) in [5.74, 6) is 0.735. The molecule has 0 aliphatic heterocycles. The molecule has 114 valence electrons. The number of hydrogen-bond acceptors (Lipinski definition) is 4. The molecular formula is C15H21BrN4O. The summed E-state index contributed by atoms with van der Waals surface area (Å²) in [6.45, 7) is 4.47. The minimum Gasteiger partial charge on any atom is -0.481 e. The monoisotopic (exact) mass is 352 g/mol. The van der Waals surface area contributed by atoms with Gasteiger partial charge >= 0.3 is 0 Å². The lowest BCUT2D eigenvalue weighted by Gasteiger charge is -2.20. The number of aromatic nitrogens is 2. The van der Waals surface area contributed by atoms with E-state index in [2.05, 4.69) is 45.4 Å². The summed E-state index contributed by atoms with van der Waals surface area (Å²) in [5, 5.41) is 7.89. The summed E-state index contributed by atoms with van der Waals surface area (Å²) in [6, 6.07) is 6.11.